The molecule has 0 radical (unpaired) electrons. The molecule has 0 aliphatic carbocycles. The van der Waals surface area contributed by atoms with Gasteiger partial charge in [0.15, 0.2) is 0 Å². The number of nitrogens with zero attached hydrogens (tertiary/aromatic N) is 2. The first kappa shape index (κ1) is 16.2. The molecule has 4 heteroatoms. The third-order valence-electron chi connectivity index (χ3n) is 3.86. The van der Waals surface area contributed by atoms with Gasteiger partial charge in [-0.15, -0.1) is 0 Å². The van der Waals surface area contributed by atoms with E-state index in [2.05, 4.69) is 50.5 Å². The highest BCUT2D eigenvalue weighted by Crippen LogP contribution is 2.19. The second-order valence-corrected chi connectivity index (χ2v) is 5.67. The third-order valence-corrected chi connectivity index (χ3v) is 3.86. The van der Waals surface area contributed by atoms with Gasteiger partial charge in [0, 0.05) is 24.7 Å². The van der Waals surface area contributed by atoms with Gasteiger partial charge < -0.3 is 0 Å². The minimum Gasteiger partial charge on any atom is -0.271 e. The highest BCUT2D eigenvalue weighted by atomic mass is 15.3. The van der Waals surface area contributed by atoms with E-state index < -0.39 is 0 Å². The fraction of sp³-hybridized carbons (Fsp3) is 0.800. The Bertz CT molecular complexity index is 346. The lowest BCUT2D eigenvalue weighted by Gasteiger charge is -2.25. The second kappa shape index (κ2) is 8.33. The van der Waals surface area contributed by atoms with Gasteiger partial charge >= 0.3 is 0 Å². The molecule has 1 aromatic heterocycles. The van der Waals surface area contributed by atoms with Crippen molar-refractivity contribution in [3.05, 3.63) is 18.0 Å². The molecule has 0 spiro atoms. The van der Waals surface area contributed by atoms with Crippen molar-refractivity contribution in [2.24, 2.45) is 11.8 Å². The third kappa shape index (κ3) is 4.96. The fourth-order valence-corrected chi connectivity index (χ4v) is 2.52. The zero-order chi connectivity index (χ0) is 14.3. The number of hydrogen-bond donors (Lipinski definition) is 2. The lowest BCUT2D eigenvalue weighted by Crippen LogP contribution is -2.42. The molecule has 1 heterocycles. The highest BCUT2D eigenvalue weighted by molar-refractivity contribution is 5.02. The Morgan fingerprint density at radius 2 is 2.11 bits per heavy atom. The zero-order valence-corrected chi connectivity index (χ0v) is 12.9. The van der Waals surface area contributed by atoms with Crippen molar-refractivity contribution < 1.29 is 0 Å². The number of rotatable bonds is 9. The molecule has 1 aromatic rings. The number of nitrogens with one attached hydrogen (secondary N) is 1. The Morgan fingerprint density at radius 3 is 2.58 bits per heavy atom. The summed E-state index contributed by atoms with van der Waals surface area (Å²) in [6, 6.07) is 2.85. The van der Waals surface area contributed by atoms with E-state index in [9.17, 15) is 0 Å². The van der Waals surface area contributed by atoms with E-state index in [1.807, 2.05) is 4.68 Å². The van der Waals surface area contributed by atoms with Gasteiger partial charge in [-0.3, -0.25) is 16.0 Å². The van der Waals surface area contributed by atoms with Crippen LogP contribution in [0.2, 0.25) is 0 Å². The van der Waals surface area contributed by atoms with E-state index in [4.69, 9.17) is 5.84 Å². The SMILES string of the molecule is CCCCC(CC)C(Cc1ccn(C(C)C)n1)NN. The summed E-state index contributed by atoms with van der Waals surface area (Å²) in [4.78, 5) is 0. The lowest BCUT2D eigenvalue weighted by molar-refractivity contribution is 0.316. The summed E-state index contributed by atoms with van der Waals surface area (Å²) < 4.78 is 2.01. The predicted molar refractivity (Wildman–Crippen MR) is 80.7 cm³/mol. The van der Waals surface area contributed by atoms with E-state index in [1.54, 1.807) is 0 Å². The average molecular weight is 266 g/mol. The summed E-state index contributed by atoms with van der Waals surface area (Å²) in [6.07, 6.45) is 7.90. The number of aromatic nitrogens is 2. The summed E-state index contributed by atoms with van der Waals surface area (Å²) in [5, 5.41) is 4.62. The minimum atomic E-state index is 0.326. The van der Waals surface area contributed by atoms with Crippen LogP contribution >= 0.6 is 0 Å². The molecular formula is C15H30N4. The molecular weight excluding hydrogens is 236 g/mol. The maximum Gasteiger partial charge on any atom is 0.0640 e. The van der Waals surface area contributed by atoms with Gasteiger partial charge in [0.2, 0.25) is 0 Å². The van der Waals surface area contributed by atoms with Crippen LogP contribution in [0.15, 0.2) is 12.3 Å². The van der Waals surface area contributed by atoms with Crippen molar-refractivity contribution in [2.45, 2.75) is 71.9 Å². The first-order valence-electron chi connectivity index (χ1n) is 7.62. The van der Waals surface area contributed by atoms with Gasteiger partial charge in [0.1, 0.15) is 0 Å². The molecule has 0 saturated heterocycles. The van der Waals surface area contributed by atoms with Crippen molar-refractivity contribution in [2.75, 3.05) is 0 Å². The zero-order valence-electron chi connectivity index (χ0n) is 12.9. The lowest BCUT2D eigenvalue weighted by atomic mass is 9.89. The normalized spacial score (nSPS) is 14.8. The second-order valence-electron chi connectivity index (χ2n) is 5.67. The van der Waals surface area contributed by atoms with Crippen LogP contribution in [0, 0.1) is 5.92 Å². The van der Waals surface area contributed by atoms with Gasteiger partial charge in [-0.1, -0.05) is 33.1 Å². The fourth-order valence-electron chi connectivity index (χ4n) is 2.52. The van der Waals surface area contributed by atoms with Crippen LogP contribution in [-0.4, -0.2) is 15.8 Å². The van der Waals surface area contributed by atoms with Gasteiger partial charge in [-0.2, -0.15) is 5.10 Å². The van der Waals surface area contributed by atoms with Crippen molar-refractivity contribution in [1.82, 2.24) is 15.2 Å². The molecule has 19 heavy (non-hydrogen) atoms. The highest BCUT2D eigenvalue weighted by Gasteiger charge is 2.19. The topological polar surface area (TPSA) is 55.9 Å². The Labute approximate surface area is 117 Å². The van der Waals surface area contributed by atoms with Gasteiger partial charge in [-0.25, -0.2) is 0 Å². The largest absolute Gasteiger partial charge is 0.271 e. The number of hydrazine groups is 1. The average Bonchev–Trinajstić information content (AvgIpc) is 2.86. The molecule has 0 bridgehead atoms. The summed E-state index contributed by atoms with van der Waals surface area (Å²) in [5.41, 5.74) is 4.13. The predicted octanol–water partition coefficient (Wildman–Crippen LogP) is 3.05. The Kier molecular flexibility index (Phi) is 7.10. The van der Waals surface area contributed by atoms with Crippen LogP contribution < -0.4 is 11.3 Å². The standard InChI is InChI=1S/C15H30N4/c1-5-7-8-13(6-2)15(17-16)11-14-9-10-19(18-14)12(3)4/h9-10,12-13,15,17H,5-8,11,16H2,1-4H3. The van der Waals surface area contributed by atoms with Crippen molar-refractivity contribution in [3.8, 4) is 0 Å². The molecule has 0 aliphatic heterocycles. The van der Waals surface area contributed by atoms with Crippen LogP contribution in [0.3, 0.4) is 0 Å². The van der Waals surface area contributed by atoms with Crippen molar-refractivity contribution in [1.29, 1.82) is 0 Å². The number of unbranched alkanes of at least 4 members (excludes halogenated alkanes) is 1. The Morgan fingerprint density at radius 1 is 1.37 bits per heavy atom. The van der Waals surface area contributed by atoms with Gasteiger partial charge in [0.25, 0.3) is 0 Å². The molecule has 2 atom stereocenters. The monoisotopic (exact) mass is 266 g/mol. The first-order chi connectivity index (χ1) is 9.12. The molecule has 0 amide bonds. The molecule has 1 rings (SSSR count). The van der Waals surface area contributed by atoms with Crippen molar-refractivity contribution in [3.63, 3.8) is 0 Å². The van der Waals surface area contributed by atoms with Crippen LogP contribution in [-0.2, 0) is 6.42 Å². The summed E-state index contributed by atoms with van der Waals surface area (Å²) in [5.74, 6) is 6.38. The Hall–Kier alpha value is -0.870. The molecule has 0 fully saturated rings. The van der Waals surface area contributed by atoms with Gasteiger partial charge in [0.05, 0.1) is 5.69 Å². The first-order valence-corrected chi connectivity index (χ1v) is 7.62. The van der Waals surface area contributed by atoms with E-state index >= 15 is 0 Å². The number of nitrogens with two attached hydrogens (primary N) is 1. The molecule has 0 aliphatic rings. The van der Waals surface area contributed by atoms with Crippen LogP contribution in [0.5, 0.6) is 0 Å². The number of hydrogen-bond acceptors (Lipinski definition) is 3. The maximum absolute atomic E-state index is 5.75. The Balaban J connectivity index is 2.63. The van der Waals surface area contributed by atoms with Crippen molar-refractivity contribution >= 4 is 0 Å². The molecule has 0 aromatic carbocycles. The summed E-state index contributed by atoms with van der Waals surface area (Å²) in [6.45, 7) is 8.77. The summed E-state index contributed by atoms with van der Waals surface area (Å²) in [7, 11) is 0. The van der Waals surface area contributed by atoms with E-state index in [1.165, 1.54) is 25.7 Å². The van der Waals surface area contributed by atoms with E-state index in [0.717, 1.165) is 12.1 Å². The quantitative estimate of drug-likeness (QED) is 0.533. The molecule has 4 nitrogen and oxygen atoms in total. The minimum absolute atomic E-state index is 0.326. The maximum atomic E-state index is 5.75. The molecule has 110 valence electrons. The van der Waals surface area contributed by atoms with Crippen LogP contribution in [0.1, 0.15) is 65.1 Å². The molecule has 2 unspecified atom stereocenters. The molecule has 3 N–H and O–H groups in total. The molecule has 0 saturated carbocycles. The van der Waals surface area contributed by atoms with Gasteiger partial charge in [-0.05, 0) is 32.3 Å². The smallest absolute Gasteiger partial charge is 0.0640 e. The summed E-state index contributed by atoms with van der Waals surface area (Å²) >= 11 is 0. The van der Waals surface area contributed by atoms with Crippen LogP contribution in [0.25, 0.3) is 0 Å². The van der Waals surface area contributed by atoms with Crippen LogP contribution in [0.4, 0.5) is 0 Å². The van der Waals surface area contributed by atoms with E-state index in [-0.39, 0.29) is 0 Å². The van der Waals surface area contributed by atoms with E-state index in [0.29, 0.717) is 18.0 Å².